The molecule has 3 rings (SSSR count). The van der Waals surface area contributed by atoms with Crippen molar-refractivity contribution in [1.29, 1.82) is 0 Å². The van der Waals surface area contributed by atoms with Crippen LogP contribution in [0.5, 0.6) is 0 Å². The van der Waals surface area contributed by atoms with Crippen LogP contribution in [0.4, 0.5) is 0 Å². The molecule has 4 nitrogen and oxygen atoms in total. The van der Waals surface area contributed by atoms with Crippen LogP contribution in [0.15, 0.2) is 54.6 Å². The number of methoxy groups -OCH3 is 1. The van der Waals surface area contributed by atoms with Gasteiger partial charge in [-0.3, -0.25) is 4.79 Å². The lowest BCUT2D eigenvalue weighted by Crippen LogP contribution is -2.29. The molecule has 1 unspecified atom stereocenters. The first-order valence-electron chi connectivity index (χ1n) is 7.69. The average molecular weight is 312 g/mol. The summed E-state index contributed by atoms with van der Waals surface area (Å²) < 4.78 is 16.8. The third-order valence-corrected chi connectivity index (χ3v) is 4.17. The van der Waals surface area contributed by atoms with Gasteiger partial charge in [-0.15, -0.1) is 0 Å². The Balaban J connectivity index is 2.03. The lowest BCUT2D eigenvalue weighted by atomic mass is 9.92. The number of rotatable bonds is 4. The molecule has 0 N–H and O–H groups in total. The summed E-state index contributed by atoms with van der Waals surface area (Å²) in [5.41, 5.74) is 2.71. The van der Waals surface area contributed by atoms with E-state index in [0.717, 1.165) is 16.7 Å². The molecule has 23 heavy (non-hydrogen) atoms. The second-order valence-corrected chi connectivity index (χ2v) is 5.55. The van der Waals surface area contributed by atoms with Gasteiger partial charge in [0.15, 0.2) is 0 Å². The molecule has 1 fully saturated rings. The summed E-state index contributed by atoms with van der Waals surface area (Å²) in [6, 6.07) is 17.6. The summed E-state index contributed by atoms with van der Waals surface area (Å²) in [6.07, 6.45) is 0. The van der Waals surface area contributed by atoms with E-state index in [1.165, 1.54) is 7.11 Å². The number of carbonyl (C=O) groups is 1. The van der Waals surface area contributed by atoms with Gasteiger partial charge in [-0.05, 0) is 18.6 Å². The van der Waals surface area contributed by atoms with Crippen molar-refractivity contribution in [3.8, 4) is 0 Å². The number of ether oxygens (including phenoxy) is 3. The molecule has 0 aromatic heterocycles. The van der Waals surface area contributed by atoms with Crippen molar-refractivity contribution in [3.63, 3.8) is 0 Å². The van der Waals surface area contributed by atoms with Gasteiger partial charge in [0.05, 0.1) is 26.2 Å². The Hall–Kier alpha value is -2.17. The number of carbonyl (C=O) groups excluding carboxylic acids is 1. The molecule has 1 aliphatic rings. The number of esters is 1. The summed E-state index contributed by atoms with van der Waals surface area (Å²) in [6.45, 7) is 2.90. The first-order valence-corrected chi connectivity index (χ1v) is 7.69. The Labute approximate surface area is 136 Å². The van der Waals surface area contributed by atoms with Gasteiger partial charge in [-0.2, -0.15) is 0 Å². The molecule has 1 saturated heterocycles. The highest BCUT2D eigenvalue weighted by atomic mass is 16.7. The fourth-order valence-electron chi connectivity index (χ4n) is 2.90. The Kier molecular flexibility index (Phi) is 4.46. The van der Waals surface area contributed by atoms with Gasteiger partial charge in [-0.1, -0.05) is 48.5 Å². The SMILES string of the molecule is COC(=O)C(C)c1cccc(C2(c3ccccc3)OCCO2)c1. The summed E-state index contributed by atoms with van der Waals surface area (Å²) in [4.78, 5) is 11.8. The zero-order valence-corrected chi connectivity index (χ0v) is 13.3. The molecule has 0 amide bonds. The zero-order valence-electron chi connectivity index (χ0n) is 13.3. The first-order chi connectivity index (χ1) is 11.2. The Bertz CT molecular complexity index is 675. The van der Waals surface area contributed by atoms with Crippen LogP contribution >= 0.6 is 0 Å². The quantitative estimate of drug-likeness (QED) is 0.813. The average Bonchev–Trinajstić information content (AvgIpc) is 3.12. The van der Waals surface area contributed by atoms with Gasteiger partial charge >= 0.3 is 5.97 Å². The summed E-state index contributed by atoms with van der Waals surface area (Å²) in [7, 11) is 1.40. The van der Waals surface area contributed by atoms with Gasteiger partial charge in [0.2, 0.25) is 5.79 Å². The van der Waals surface area contributed by atoms with E-state index >= 15 is 0 Å². The zero-order chi connectivity index (χ0) is 16.3. The number of hydrogen-bond acceptors (Lipinski definition) is 4. The van der Waals surface area contributed by atoms with E-state index in [9.17, 15) is 4.79 Å². The summed E-state index contributed by atoms with van der Waals surface area (Å²) in [5.74, 6) is -1.51. The van der Waals surface area contributed by atoms with E-state index in [1.54, 1.807) is 0 Å². The van der Waals surface area contributed by atoms with E-state index in [2.05, 4.69) is 0 Å². The Morgan fingerprint density at radius 1 is 1.04 bits per heavy atom. The molecule has 0 radical (unpaired) electrons. The molecular weight excluding hydrogens is 292 g/mol. The number of benzene rings is 2. The molecular formula is C19H20O4. The van der Waals surface area contributed by atoms with E-state index in [4.69, 9.17) is 14.2 Å². The standard InChI is InChI=1S/C19H20O4/c1-14(18(20)21-2)15-7-6-10-17(13-15)19(22-11-12-23-19)16-8-4-3-5-9-16/h3-10,13-14H,11-12H2,1-2H3. The van der Waals surface area contributed by atoms with Crippen LogP contribution in [-0.4, -0.2) is 26.3 Å². The van der Waals surface area contributed by atoms with Crippen molar-refractivity contribution in [1.82, 2.24) is 0 Å². The van der Waals surface area contributed by atoms with Crippen molar-refractivity contribution in [3.05, 3.63) is 71.3 Å². The van der Waals surface area contributed by atoms with Gasteiger partial charge < -0.3 is 14.2 Å². The Morgan fingerprint density at radius 2 is 1.70 bits per heavy atom. The molecule has 0 saturated carbocycles. The highest BCUT2D eigenvalue weighted by Crippen LogP contribution is 2.39. The molecule has 1 aliphatic heterocycles. The highest BCUT2D eigenvalue weighted by Gasteiger charge is 2.40. The van der Waals surface area contributed by atoms with Gasteiger partial charge in [0.1, 0.15) is 0 Å². The van der Waals surface area contributed by atoms with E-state index < -0.39 is 5.79 Å². The van der Waals surface area contributed by atoms with Crippen molar-refractivity contribution >= 4 is 5.97 Å². The van der Waals surface area contributed by atoms with Crippen LogP contribution in [0, 0.1) is 0 Å². The lowest BCUT2D eigenvalue weighted by Gasteiger charge is -2.29. The minimum absolute atomic E-state index is 0.260. The largest absolute Gasteiger partial charge is 0.469 e. The van der Waals surface area contributed by atoms with Crippen LogP contribution in [-0.2, 0) is 24.8 Å². The van der Waals surface area contributed by atoms with Crippen LogP contribution < -0.4 is 0 Å². The van der Waals surface area contributed by atoms with E-state index in [-0.39, 0.29) is 11.9 Å². The van der Waals surface area contributed by atoms with Crippen molar-refractivity contribution < 1.29 is 19.0 Å². The second kappa shape index (κ2) is 6.52. The fraction of sp³-hybridized carbons (Fsp3) is 0.316. The van der Waals surface area contributed by atoms with Crippen molar-refractivity contribution in [2.75, 3.05) is 20.3 Å². The normalized spacial score (nSPS) is 17.7. The molecule has 120 valence electrons. The minimum atomic E-state index is -0.910. The molecule has 1 heterocycles. The predicted octanol–water partition coefficient (Wildman–Crippen LogP) is 3.21. The van der Waals surface area contributed by atoms with Crippen molar-refractivity contribution in [2.45, 2.75) is 18.6 Å². The van der Waals surface area contributed by atoms with Crippen LogP contribution in [0.25, 0.3) is 0 Å². The third-order valence-electron chi connectivity index (χ3n) is 4.17. The smallest absolute Gasteiger partial charge is 0.312 e. The summed E-state index contributed by atoms with van der Waals surface area (Å²) >= 11 is 0. The predicted molar refractivity (Wildman–Crippen MR) is 86.0 cm³/mol. The molecule has 0 bridgehead atoms. The minimum Gasteiger partial charge on any atom is -0.469 e. The molecule has 2 aromatic carbocycles. The molecule has 2 aromatic rings. The maximum absolute atomic E-state index is 11.8. The van der Waals surface area contributed by atoms with Crippen LogP contribution in [0.1, 0.15) is 29.5 Å². The Morgan fingerprint density at radius 3 is 2.35 bits per heavy atom. The van der Waals surface area contributed by atoms with Gasteiger partial charge in [0.25, 0.3) is 0 Å². The van der Waals surface area contributed by atoms with Crippen LogP contribution in [0.2, 0.25) is 0 Å². The van der Waals surface area contributed by atoms with E-state index in [0.29, 0.717) is 13.2 Å². The maximum Gasteiger partial charge on any atom is 0.312 e. The topological polar surface area (TPSA) is 44.8 Å². The third kappa shape index (κ3) is 2.87. The molecule has 0 aliphatic carbocycles. The maximum atomic E-state index is 11.8. The van der Waals surface area contributed by atoms with Gasteiger partial charge in [0, 0.05) is 11.1 Å². The molecule has 1 atom stereocenters. The first kappa shape index (κ1) is 15.7. The molecule has 4 heteroatoms. The fourth-order valence-corrected chi connectivity index (χ4v) is 2.90. The monoisotopic (exact) mass is 312 g/mol. The van der Waals surface area contributed by atoms with Crippen molar-refractivity contribution in [2.24, 2.45) is 0 Å². The summed E-state index contributed by atoms with van der Waals surface area (Å²) in [5, 5.41) is 0. The second-order valence-electron chi connectivity index (χ2n) is 5.55. The van der Waals surface area contributed by atoms with E-state index in [1.807, 2.05) is 61.5 Å². The highest BCUT2D eigenvalue weighted by molar-refractivity contribution is 5.77. The molecule has 0 spiro atoms. The van der Waals surface area contributed by atoms with Gasteiger partial charge in [-0.25, -0.2) is 0 Å². The number of hydrogen-bond donors (Lipinski definition) is 0. The van der Waals surface area contributed by atoms with Crippen LogP contribution in [0.3, 0.4) is 0 Å². The lowest BCUT2D eigenvalue weighted by molar-refractivity contribution is -0.142.